The first-order valence-corrected chi connectivity index (χ1v) is 6.11. The fourth-order valence-electron chi connectivity index (χ4n) is 1.66. The molecule has 4 heteroatoms. The summed E-state index contributed by atoms with van der Waals surface area (Å²) in [7, 11) is 0. The van der Waals surface area contributed by atoms with E-state index in [1.807, 2.05) is 25.1 Å². The summed E-state index contributed by atoms with van der Waals surface area (Å²) in [5, 5.41) is 3.25. The number of aryl methyl sites for hydroxylation is 1. The van der Waals surface area contributed by atoms with Crippen molar-refractivity contribution in [2.75, 3.05) is 6.54 Å². The molecular formula is C14H18N2O2. The van der Waals surface area contributed by atoms with Gasteiger partial charge >= 0.3 is 0 Å². The van der Waals surface area contributed by atoms with E-state index in [4.69, 9.17) is 9.15 Å². The predicted molar refractivity (Wildman–Crippen MR) is 69.4 cm³/mol. The fraction of sp³-hybridized carbons (Fsp3) is 0.357. The second-order valence-corrected chi connectivity index (χ2v) is 4.08. The summed E-state index contributed by atoms with van der Waals surface area (Å²) >= 11 is 0. The highest BCUT2D eigenvalue weighted by Gasteiger charge is 2.07. The molecule has 0 spiro atoms. The average molecular weight is 246 g/mol. The quantitative estimate of drug-likeness (QED) is 0.851. The first-order valence-electron chi connectivity index (χ1n) is 6.11. The zero-order chi connectivity index (χ0) is 12.8. The number of pyridine rings is 1. The number of rotatable bonds is 6. The molecule has 0 amide bonds. The largest absolute Gasteiger partial charge is 0.484 e. The van der Waals surface area contributed by atoms with Crippen molar-refractivity contribution in [3.05, 3.63) is 47.7 Å². The van der Waals surface area contributed by atoms with Crippen molar-refractivity contribution in [3.63, 3.8) is 0 Å². The number of nitrogens with one attached hydrogen (secondary N) is 1. The number of nitrogens with zero attached hydrogens (tertiary/aromatic N) is 1. The van der Waals surface area contributed by atoms with E-state index in [0.29, 0.717) is 6.61 Å². The highest BCUT2D eigenvalue weighted by Crippen LogP contribution is 2.17. The molecule has 2 heterocycles. The highest BCUT2D eigenvalue weighted by molar-refractivity contribution is 5.21. The van der Waals surface area contributed by atoms with Crippen molar-refractivity contribution in [1.82, 2.24) is 10.3 Å². The van der Waals surface area contributed by atoms with Crippen LogP contribution in [0.5, 0.6) is 5.75 Å². The summed E-state index contributed by atoms with van der Waals surface area (Å²) < 4.78 is 11.3. The summed E-state index contributed by atoms with van der Waals surface area (Å²) in [5.74, 6) is 2.56. The average Bonchev–Trinajstić information content (AvgIpc) is 2.76. The third-order valence-electron chi connectivity index (χ3n) is 2.62. The molecule has 2 rings (SSSR count). The van der Waals surface area contributed by atoms with E-state index in [0.717, 1.165) is 35.9 Å². The Hall–Kier alpha value is -1.81. The van der Waals surface area contributed by atoms with Crippen LogP contribution in [0, 0.1) is 6.92 Å². The van der Waals surface area contributed by atoms with E-state index in [2.05, 4.69) is 17.2 Å². The van der Waals surface area contributed by atoms with Crippen LogP contribution in [0.2, 0.25) is 0 Å². The molecular weight excluding hydrogens is 228 g/mol. The molecule has 2 aromatic rings. The van der Waals surface area contributed by atoms with Gasteiger partial charge in [-0.2, -0.15) is 0 Å². The van der Waals surface area contributed by atoms with Crippen LogP contribution >= 0.6 is 0 Å². The normalized spacial score (nSPS) is 10.6. The second-order valence-electron chi connectivity index (χ2n) is 4.08. The molecule has 2 aromatic heterocycles. The zero-order valence-corrected chi connectivity index (χ0v) is 10.8. The van der Waals surface area contributed by atoms with Gasteiger partial charge < -0.3 is 14.5 Å². The maximum atomic E-state index is 5.73. The molecule has 0 saturated carbocycles. The van der Waals surface area contributed by atoms with Gasteiger partial charge in [-0.05, 0) is 37.2 Å². The Labute approximate surface area is 107 Å². The van der Waals surface area contributed by atoms with Gasteiger partial charge in [0.25, 0.3) is 0 Å². The van der Waals surface area contributed by atoms with Crippen molar-refractivity contribution in [1.29, 1.82) is 0 Å². The van der Waals surface area contributed by atoms with E-state index in [-0.39, 0.29) is 0 Å². The molecule has 96 valence electrons. The number of furan rings is 1. The van der Waals surface area contributed by atoms with Crippen LogP contribution in [-0.4, -0.2) is 11.5 Å². The van der Waals surface area contributed by atoms with E-state index >= 15 is 0 Å². The van der Waals surface area contributed by atoms with Crippen LogP contribution < -0.4 is 10.1 Å². The molecule has 18 heavy (non-hydrogen) atoms. The summed E-state index contributed by atoms with van der Waals surface area (Å²) in [6.45, 7) is 6.24. The summed E-state index contributed by atoms with van der Waals surface area (Å²) in [6.07, 6.45) is 3.41. The lowest BCUT2D eigenvalue weighted by Crippen LogP contribution is -2.11. The van der Waals surface area contributed by atoms with Gasteiger partial charge in [0.05, 0.1) is 12.7 Å². The SMILES string of the molecule is CCNCc1oc(COc2cccnc2)cc1C. The van der Waals surface area contributed by atoms with Crippen LogP contribution in [-0.2, 0) is 13.2 Å². The third-order valence-corrected chi connectivity index (χ3v) is 2.62. The minimum absolute atomic E-state index is 0.429. The van der Waals surface area contributed by atoms with E-state index in [9.17, 15) is 0 Å². The van der Waals surface area contributed by atoms with Crippen LogP contribution in [0.15, 0.2) is 35.0 Å². The van der Waals surface area contributed by atoms with Crippen molar-refractivity contribution >= 4 is 0 Å². The van der Waals surface area contributed by atoms with Gasteiger partial charge in [0.15, 0.2) is 0 Å². The molecule has 0 bridgehead atoms. The van der Waals surface area contributed by atoms with E-state index in [1.54, 1.807) is 12.4 Å². The van der Waals surface area contributed by atoms with Gasteiger partial charge in [0.1, 0.15) is 23.9 Å². The summed E-state index contributed by atoms with van der Waals surface area (Å²) in [5.41, 5.74) is 1.15. The van der Waals surface area contributed by atoms with E-state index in [1.165, 1.54) is 0 Å². The molecule has 0 fully saturated rings. The van der Waals surface area contributed by atoms with Crippen LogP contribution in [0.3, 0.4) is 0 Å². The van der Waals surface area contributed by atoms with Crippen LogP contribution in [0.4, 0.5) is 0 Å². The van der Waals surface area contributed by atoms with Gasteiger partial charge in [-0.3, -0.25) is 4.98 Å². The standard InChI is InChI=1S/C14H18N2O2/c1-3-15-9-14-11(2)7-13(18-14)10-17-12-5-4-6-16-8-12/h4-8,15H,3,9-10H2,1-2H3. The molecule has 0 saturated heterocycles. The number of hydrogen-bond acceptors (Lipinski definition) is 4. The van der Waals surface area contributed by atoms with Crippen molar-refractivity contribution < 1.29 is 9.15 Å². The van der Waals surface area contributed by atoms with Gasteiger partial charge in [0, 0.05) is 6.20 Å². The van der Waals surface area contributed by atoms with Gasteiger partial charge in [-0.25, -0.2) is 0 Å². The number of aromatic nitrogens is 1. The van der Waals surface area contributed by atoms with Crippen LogP contribution in [0.25, 0.3) is 0 Å². The van der Waals surface area contributed by atoms with Crippen LogP contribution in [0.1, 0.15) is 24.0 Å². The Morgan fingerprint density at radius 2 is 2.33 bits per heavy atom. The second kappa shape index (κ2) is 6.21. The topological polar surface area (TPSA) is 47.3 Å². The molecule has 0 aliphatic carbocycles. The molecule has 1 N–H and O–H groups in total. The highest BCUT2D eigenvalue weighted by atomic mass is 16.5. The van der Waals surface area contributed by atoms with Crippen molar-refractivity contribution in [2.24, 2.45) is 0 Å². The minimum atomic E-state index is 0.429. The molecule has 0 aromatic carbocycles. The Bertz CT molecular complexity index is 480. The fourth-order valence-corrected chi connectivity index (χ4v) is 1.66. The Balaban J connectivity index is 1.94. The monoisotopic (exact) mass is 246 g/mol. The summed E-state index contributed by atoms with van der Waals surface area (Å²) in [4.78, 5) is 3.99. The lowest BCUT2D eigenvalue weighted by molar-refractivity contribution is 0.264. The molecule has 4 nitrogen and oxygen atoms in total. The van der Waals surface area contributed by atoms with Crippen molar-refractivity contribution in [3.8, 4) is 5.75 Å². The maximum absolute atomic E-state index is 5.73. The van der Waals surface area contributed by atoms with Gasteiger partial charge in [-0.15, -0.1) is 0 Å². The minimum Gasteiger partial charge on any atom is -0.484 e. The first-order chi connectivity index (χ1) is 8.79. The van der Waals surface area contributed by atoms with Crippen molar-refractivity contribution in [2.45, 2.75) is 27.0 Å². The predicted octanol–water partition coefficient (Wildman–Crippen LogP) is 2.67. The molecule has 0 aliphatic heterocycles. The Morgan fingerprint density at radius 3 is 3.06 bits per heavy atom. The molecule has 0 aliphatic rings. The first kappa shape index (κ1) is 12.6. The lowest BCUT2D eigenvalue weighted by Gasteiger charge is -2.02. The molecule has 0 unspecified atom stereocenters. The van der Waals surface area contributed by atoms with E-state index < -0.39 is 0 Å². The Morgan fingerprint density at radius 1 is 1.44 bits per heavy atom. The van der Waals surface area contributed by atoms with Gasteiger partial charge in [-0.1, -0.05) is 6.92 Å². The molecule has 0 radical (unpaired) electrons. The molecule has 0 atom stereocenters. The smallest absolute Gasteiger partial charge is 0.146 e. The zero-order valence-electron chi connectivity index (χ0n) is 10.8. The third kappa shape index (κ3) is 3.34. The van der Waals surface area contributed by atoms with Gasteiger partial charge in [0.2, 0.25) is 0 Å². The Kier molecular flexibility index (Phi) is 4.36. The summed E-state index contributed by atoms with van der Waals surface area (Å²) in [6, 6.07) is 5.74. The maximum Gasteiger partial charge on any atom is 0.146 e. The number of ether oxygens (including phenoxy) is 1. The lowest BCUT2D eigenvalue weighted by atomic mass is 10.2. The number of hydrogen-bond donors (Lipinski definition) is 1.